The van der Waals surface area contributed by atoms with Crippen molar-refractivity contribution in [1.82, 2.24) is 10.6 Å². The summed E-state index contributed by atoms with van der Waals surface area (Å²) in [4.78, 5) is 33.1. The number of aliphatic carboxylic acids is 1. The van der Waals surface area contributed by atoms with Crippen LogP contribution in [0.25, 0.3) is 0 Å². The summed E-state index contributed by atoms with van der Waals surface area (Å²) < 4.78 is 0. The van der Waals surface area contributed by atoms with E-state index >= 15 is 0 Å². The molecular weight excluding hydrogens is 252 g/mol. The first-order chi connectivity index (χ1) is 8.91. The van der Waals surface area contributed by atoms with Gasteiger partial charge in [-0.2, -0.15) is 0 Å². The van der Waals surface area contributed by atoms with Gasteiger partial charge in [-0.15, -0.1) is 0 Å². The summed E-state index contributed by atoms with van der Waals surface area (Å²) in [5.74, 6) is -2.54. The number of rotatable bonds is 5. The quantitative estimate of drug-likeness (QED) is 0.580. The minimum atomic E-state index is -1.17. The van der Waals surface area contributed by atoms with Crippen molar-refractivity contribution < 1.29 is 24.6 Å². The van der Waals surface area contributed by atoms with Gasteiger partial charge in [0.25, 0.3) is 5.91 Å². The molecule has 0 aliphatic rings. The van der Waals surface area contributed by atoms with Crippen molar-refractivity contribution in [3.63, 3.8) is 0 Å². The highest BCUT2D eigenvalue weighted by Crippen LogP contribution is 2.20. The average Bonchev–Trinajstić information content (AvgIpc) is 2.36. The largest absolute Gasteiger partial charge is 0.507 e. The summed E-state index contributed by atoms with van der Waals surface area (Å²) in [7, 11) is 0. The zero-order valence-corrected chi connectivity index (χ0v) is 10.3. The smallest absolute Gasteiger partial charge is 0.322 e. The molecular formula is C12H14N2O5. The monoisotopic (exact) mass is 266 g/mol. The Morgan fingerprint density at radius 3 is 2.47 bits per heavy atom. The molecule has 0 unspecified atom stereocenters. The van der Waals surface area contributed by atoms with Crippen LogP contribution in [0.4, 0.5) is 0 Å². The highest BCUT2D eigenvalue weighted by atomic mass is 16.4. The second-order valence-corrected chi connectivity index (χ2v) is 3.82. The lowest BCUT2D eigenvalue weighted by Gasteiger charge is -2.08. The summed E-state index contributed by atoms with van der Waals surface area (Å²) in [6.07, 6.45) is 0. The van der Waals surface area contributed by atoms with Crippen LogP contribution in [-0.4, -0.2) is 41.1 Å². The maximum absolute atomic E-state index is 11.7. The van der Waals surface area contributed by atoms with Crippen LogP contribution in [0.1, 0.15) is 15.9 Å². The molecule has 1 rings (SSSR count). The van der Waals surface area contributed by atoms with E-state index in [-0.39, 0.29) is 17.9 Å². The van der Waals surface area contributed by atoms with Crippen molar-refractivity contribution in [1.29, 1.82) is 0 Å². The van der Waals surface area contributed by atoms with Gasteiger partial charge in [0.1, 0.15) is 12.3 Å². The second kappa shape index (κ2) is 6.39. The summed E-state index contributed by atoms with van der Waals surface area (Å²) in [5, 5.41) is 22.4. The molecule has 0 aliphatic heterocycles. The number of hydrogen-bond donors (Lipinski definition) is 4. The van der Waals surface area contributed by atoms with E-state index in [1.165, 1.54) is 6.07 Å². The van der Waals surface area contributed by atoms with Crippen molar-refractivity contribution in [3.05, 3.63) is 29.3 Å². The number of phenols is 1. The molecule has 0 saturated heterocycles. The molecule has 0 radical (unpaired) electrons. The molecule has 0 spiro atoms. The topological polar surface area (TPSA) is 116 Å². The van der Waals surface area contributed by atoms with Gasteiger partial charge in [-0.1, -0.05) is 12.1 Å². The molecule has 0 saturated carbocycles. The SMILES string of the molecule is Cc1cccc(C(=O)NCC(=O)NCC(=O)O)c1O. The number of carbonyl (C=O) groups is 3. The van der Waals surface area contributed by atoms with E-state index in [0.717, 1.165) is 0 Å². The number of carboxylic acids is 1. The highest BCUT2D eigenvalue weighted by Gasteiger charge is 2.13. The van der Waals surface area contributed by atoms with Gasteiger partial charge < -0.3 is 20.8 Å². The molecule has 0 aliphatic carbocycles. The van der Waals surface area contributed by atoms with Gasteiger partial charge in [0.15, 0.2) is 0 Å². The Morgan fingerprint density at radius 2 is 1.84 bits per heavy atom. The van der Waals surface area contributed by atoms with Crippen LogP contribution >= 0.6 is 0 Å². The summed E-state index contributed by atoms with van der Waals surface area (Å²) in [6.45, 7) is 0.773. The number of nitrogens with one attached hydrogen (secondary N) is 2. The Bertz CT molecular complexity index is 513. The molecule has 7 heteroatoms. The van der Waals surface area contributed by atoms with E-state index in [4.69, 9.17) is 5.11 Å². The Kier molecular flexibility index (Phi) is 4.87. The zero-order chi connectivity index (χ0) is 14.4. The van der Waals surface area contributed by atoms with Gasteiger partial charge in [-0.25, -0.2) is 0 Å². The lowest BCUT2D eigenvalue weighted by Crippen LogP contribution is -2.39. The highest BCUT2D eigenvalue weighted by molar-refractivity contribution is 5.99. The molecule has 0 aromatic heterocycles. The van der Waals surface area contributed by atoms with Crippen molar-refractivity contribution in [2.75, 3.05) is 13.1 Å². The summed E-state index contributed by atoms with van der Waals surface area (Å²) in [5.41, 5.74) is 0.606. The Balaban J connectivity index is 2.54. The van der Waals surface area contributed by atoms with Crippen LogP contribution in [-0.2, 0) is 9.59 Å². The van der Waals surface area contributed by atoms with Crippen LogP contribution < -0.4 is 10.6 Å². The first-order valence-corrected chi connectivity index (χ1v) is 5.47. The van der Waals surface area contributed by atoms with Crippen LogP contribution in [0.5, 0.6) is 5.75 Å². The second-order valence-electron chi connectivity index (χ2n) is 3.82. The number of aryl methyl sites for hydroxylation is 1. The summed E-state index contributed by atoms with van der Waals surface area (Å²) >= 11 is 0. The summed E-state index contributed by atoms with van der Waals surface area (Å²) in [6, 6.07) is 4.67. The maximum atomic E-state index is 11.7. The van der Waals surface area contributed by atoms with E-state index in [1.807, 2.05) is 0 Å². The molecule has 102 valence electrons. The first-order valence-electron chi connectivity index (χ1n) is 5.47. The predicted octanol–water partition coefficient (Wildman–Crippen LogP) is -0.369. The first kappa shape index (κ1) is 14.5. The number of carbonyl (C=O) groups excluding carboxylic acids is 2. The number of phenolic OH excluding ortho intramolecular Hbond substituents is 1. The van der Waals surface area contributed by atoms with E-state index in [0.29, 0.717) is 5.56 Å². The fourth-order valence-electron chi connectivity index (χ4n) is 1.33. The number of aromatic hydroxyl groups is 1. The third kappa shape index (κ3) is 4.30. The van der Waals surface area contributed by atoms with Gasteiger partial charge in [-0.3, -0.25) is 14.4 Å². The van der Waals surface area contributed by atoms with Gasteiger partial charge in [0.05, 0.1) is 12.1 Å². The fraction of sp³-hybridized carbons (Fsp3) is 0.250. The van der Waals surface area contributed by atoms with Crippen LogP contribution in [0.15, 0.2) is 18.2 Å². The van der Waals surface area contributed by atoms with Crippen molar-refractivity contribution >= 4 is 17.8 Å². The van der Waals surface area contributed by atoms with Crippen LogP contribution in [0.2, 0.25) is 0 Å². The minimum Gasteiger partial charge on any atom is -0.507 e. The van der Waals surface area contributed by atoms with E-state index in [2.05, 4.69) is 10.6 Å². The van der Waals surface area contributed by atoms with Crippen molar-refractivity contribution in [2.45, 2.75) is 6.92 Å². The van der Waals surface area contributed by atoms with E-state index in [1.54, 1.807) is 19.1 Å². The third-order valence-electron chi connectivity index (χ3n) is 2.33. The number of amides is 2. The number of hydrogen-bond acceptors (Lipinski definition) is 4. The van der Waals surface area contributed by atoms with Gasteiger partial charge in [-0.05, 0) is 18.6 Å². The zero-order valence-electron chi connectivity index (χ0n) is 10.3. The standard InChI is InChI=1S/C12H14N2O5/c1-7-3-2-4-8(11(7)18)12(19)14-5-9(15)13-6-10(16)17/h2-4,18H,5-6H2,1H3,(H,13,15)(H,14,19)(H,16,17). The average molecular weight is 266 g/mol. The molecule has 0 atom stereocenters. The van der Waals surface area contributed by atoms with Crippen LogP contribution in [0.3, 0.4) is 0 Å². The Hall–Kier alpha value is -2.57. The molecule has 0 heterocycles. The molecule has 0 bridgehead atoms. The number of carboxylic acid groups (broad SMARTS) is 1. The maximum Gasteiger partial charge on any atom is 0.322 e. The van der Waals surface area contributed by atoms with E-state index < -0.39 is 24.3 Å². The van der Waals surface area contributed by atoms with Gasteiger partial charge in [0, 0.05) is 0 Å². The Morgan fingerprint density at radius 1 is 1.16 bits per heavy atom. The van der Waals surface area contributed by atoms with Crippen molar-refractivity contribution in [3.8, 4) is 5.75 Å². The molecule has 4 N–H and O–H groups in total. The predicted molar refractivity (Wildman–Crippen MR) is 65.8 cm³/mol. The van der Waals surface area contributed by atoms with Crippen molar-refractivity contribution in [2.24, 2.45) is 0 Å². The molecule has 7 nitrogen and oxygen atoms in total. The molecule has 19 heavy (non-hydrogen) atoms. The number of para-hydroxylation sites is 1. The normalized spacial score (nSPS) is 9.74. The Labute approximate surface area is 109 Å². The molecule has 1 aromatic carbocycles. The molecule has 2 amide bonds. The lowest BCUT2D eigenvalue weighted by atomic mass is 10.1. The van der Waals surface area contributed by atoms with Crippen LogP contribution in [0, 0.1) is 6.92 Å². The molecule has 1 aromatic rings. The van der Waals surface area contributed by atoms with Gasteiger partial charge >= 0.3 is 5.97 Å². The number of benzene rings is 1. The fourth-order valence-corrected chi connectivity index (χ4v) is 1.33. The van der Waals surface area contributed by atoms with Gasteiger partial charge in [0.2, 0.25) is 5.91 Å². The van der Waals surface area contributed by atoms with E-state index in [9.17, 15) is 19.5 Å². The molecule has 0 fully saturated rings. The lowest BCUT2D eigenvalue weighted by molar-refractivity contribution is -0.137. The minimum absolute atomic E-state index is 0.0611. The third-order valence-corrected chi connectivity index (χ3v) is 2.33.